The van der Waals surface area contributed by atoms with Crippen LogP contribution < -0.4 is 11.1 Å². The van der Waals surface area contributed by atoms with E-state index in [4.69, 9.17) is 5.73 Å². The molecule has 0 saturated heterocycles. The maximum atomic E-state index is 12.3. The Morgan fingerprint density at radius 2 is 1.62 bits per heavy atom. The van der Waals surface area contributed by atoms with Crippen LogP contribution in [0.5, 0.6) is 0 Å². The molecule has 2 amide bonds. The number of nitrogens with one attached hydrogen (secondary N) is 1. The summed E-state index contributed by atoms with van der Waals surface area (Å²) >= 11 is 0. The number of primary amides is 1. The van der Waals surface area contributed by atoms with E-state index in [0.29, 0.717) is 11.1 Å². The monoisotopic (exact) mass is 325 g/mol. The summed E-state index contributed by atoms with van der Waals surface area (Å²) in [6.45, 7) is 7.08. The van der Waals surface area contributed by atoms with Crippen LogP contribution in [0.2, 0.25) is 0 Å². The molecule has 0 saturated carbocycles. The lowest BCUT2D eigenvalue weighted by molar-refractivity contribution is 0.0995. The van der Waals surface area contributed by atoms with E-state index in [-0.39, 0.29) is 5.91 Å². The number of hydrogen-bond acceptors (Lipinski definition) is 3. The quantitative estimate of drug-likeness (QED) is 0.822. The van der Waals surface area contributed by atoms with Crippen molar-refractivity contribution < 1.29 is 9.59 Å². The number of anilines is 1. The number of carbonyl (C=O) groups excluding carboxylic acids is 2. The molecular formula is C19H23N3O2. The molecule has 0 aliphatic carbocycles. The average Bonchev–Trinajstić information content (AvgIpc) is 2.60. The molecule has 0 aliphatic rings. The first-order valence-corrected chi connectivity index (χ1v) is 8.06. The van der Waals surface area contributed by atoms with Gasteiger partial charge in [-0.05, 0) is 55.1 Å². The highest BCUT2D eigenvalue weighted by molar-refractivity contribution is 6.05. The summed E-state index contributed by atoms with van der Waals surface area (Å²) in [5.74, 6) is -0.725. The van der Waals surface area contributed by atoms with Crippen LogP contribution in [0.4, 0.5) is 5.69 Å². The molecule has 0 fully saturated rings. The van der Waals surface area contributed by atoms with Gasteiger partial charge in [-0.2, -0.15) is 0 Å². The van der Waals surface area contributed by atoms with Crippen molar-refractivity contribution in [2.75, 3.05) is 18.4 Å². The molecule has 5 nitrogen and oxygen atoms in total. The lowest BCUT2D eigenvalue weighted by atomic mass is 10.1. The minimum absolute atomic E-state index is 0.217. The molecule has 5 heteroatoms. The van der Waals surface area contributed by atoms with Crippen molar-refractivity contribution in [1.82, 2.24) is 4.90 Å². The van der Waals surface area contributed by atoms with Crippen LogP contribution in [0.1, 0.15) is 40.1 Å². The molecule has 0 atom stereocenters. The van der Waals surface area contributed by atoms with Crippen molar-refractivity contribution in [3.05, 3.63) is 65.2 Å². The smallest absolute Gasteiger partial charge is 0.255 e. The van der Waals surface area contributed by atoms with Crippen molar-refractivity contribution in [3.63, 3.8) is 0 Å². The zero-order chi connectivity index (χ0) is 17.5. The topological polar surface area (TPSA) is 75.4 Å². The number of nitrogens with two attached hydrogens (primary N) is 1. The van der Waals surface area contributed by atoms with Gasteiger partial charge in [0.25, 0.3) is 5.91 Å². The molecule has 0 unspecified atom stereocenters. The van der Waals surface area contributed by atoms with E-state index >= 15 is 0 Å². The van der Waals surface area contributed by atoms with Crippen LogP contribution in [0, 0.1) is 0 Å². The lowest BCUT2D eigenvalue weighted by Gasteiger charge is -2.18. The number of benzene rings is 2. The van der Waals surface area contributed by atoms with Gasteiger partial charge in [0.1, 0.15) is 0 Å². The summed E-state index contributed by atoms with van der Waals surface area (Å²) in [6.07, 6.45) is 0. The van der Waals surface area contributed by atoms with Crippen LogP contribution in [-0.2, 0) is 6.54 Å². The molecule has 0 bridgehead atoms. The van der Waals surface area contributed by atoms with E-state index < -0.39 is 5.91 Å². The first kappa shape index (κ1) is 17.7. The fourth-order valence-electron chi connectivity index (χ4n) is 2.44. The van der Waals surface area contributed by atoms with E-state index in [9.17, 15) is 9.59 Å². The van der Waals surface area contributed by atoms with Gasteiger partial charge in [0.15, 0.2) is 0 Å². The van der Waals surface area contributed by atoms with Crippen LogP contribution >= 0.6 is 0 Å². The molecule has 0 aromatic heterocycles. The fraction of sp³-hybridized carbons (Fsp3) is 0.263. The summed E-state index contributed by atoms with van der Waals surface area (Å²) in [6, 6.07) is 14.1. The van der Waals surface area contributed by atoms with Gasteiger partial charge in [-0.15, -0.1) is 0 Å². The first-order valence-electron chi connectivity index (χ1n) is 8.06. The molecule has 2 rings (SSSR count). The highest BCUT2D eigenvalue weighted by Crippen LogP contribution is 2.14. The maximum Gasteiger partial charge on any atom is 0.255 e. The fourth-order valence-corrected chi connectivity index (χ4v) is 2.44. The van der Waals surface area contributed by atoms with Gasteiger partial charge < -0.3 is 11.1 Å². The summed E-state index contributed by atoms with van der Waals surface area (Å²) in [7, 11) is 0. The molecule has 126 valence electrons. The minimum atomic E-state index is -0.508. The average molecular weight is 325 g/mol. The summed E-state index contributed by atoms with van der Waals surface area (Å²) < 4.78 is 0. The Labute approximate surface area is 142 Å². The molecule has 0 radical (unpaired) electrons. The van der Waals surface area contributed by atoms with Crippen LogP contribution in [0.25, 0.3) is 0 Å². The van der Waals surface area contributed by atoms with Crippen molar-refractivity contribution in [1.29, 1.82) is 0 Å². The lowest BCUT2D eigenvalue weighted by Crippen LogP contribution is -2.22. The standard InChI is InChI=1S/C19H23N3O2/c1-3-22(4-2)13-14-6-5-7-17(12-14)21-19(24)16-10-8-15(9-11-16)18(20)23/h5-12H,3-4,13H2,1-2H3,(H2,20,23)(H,21,24). The van der Waals surface area contributed by atoms with E-state index in [0.717, 1.165) is 30.9 Å². The zero-order valence-corrected chi connectivity index (χ0v) is 14.1. The third-order valence-corrected chi connectivity index (χ3v) is 3.92. The van der Waals surface area contributed by atoms with Gasteiger partial charge in [0.05, 0.1) is 0 Å². The van der Waals surface area contributed by atoms with Crippen molar-refractivity contribution in [3.8, 4) is 0 Å². The molecule has 0 spiro atoms. The SMILES string of the molecule is CCN(CC)Cc1cccc(NC(=O)c2ccc(C(N)=O)cc2)c1. The summed E-state index contributed by atoms with van der Waals surface area (Å²) in [5.41, 5.74) is 7.97. The Kier molecular flexibility index (Phi) is 6.09. The maximum absolute atomic E-state index is 12.3. The van der Waals surface area contributed by atoms with E-state index in [1.165, 1.54) is 0 Å². The third-order valence-electron chi connectivity index (χ3n) is 3.92. The highest BCUT2D eigenvalue weighted by atomic mass is 16.2. The third kappa shape index (κ3) is 4.67. The summed E-state index contributed by atoms with van der Waals surface area (Å²) in [5, 5.41) is 2.88. The predicted molar refractivity (Wildman–Crippen MR) is 96.0 cm³/mol. The van der Waals surface area contributed by atoms with Crippen molar-refractivity contribution in [2.45, 2.75) is 20.4 Å². The van der Waals surface area contributed by atoms with Crippen molar-refractivity contribution in [2.24, 2.45) is 5.73 Å². The zero-order valence-electron chi connectivity index (χ0n) is 14.1. The van der Waals surface area contributed by atoms with Gasteiger partial charge in [0.2, 0.25) is 5.91 Å². The van der Waals surface area contributed by atoms with Crippen LogP contribution in [0.3, 0.4) is 0 Å². The second-order valence-corrected chi connectivity index (χ2v) is 5.56. The highest BCUT2D eigenvalue weighted by Gasteiger charge is 2.08. The molecule has 0 heterocycles. The Hall–Kier alpha value is -2.66. The van der Waals surface area contributed by atoms with Crippen LogP contribution in [-0.4, -0.2) is 29.8 Å². The molecule has 3 N–H and O–H groups in total. The second-order valence-electron chi connectivity index (χ2n) is 5.56. The molecule has 24 heavy (non-hydrogen) atoms. The predicted octanol–water partition coefficient (Wildman–Crippen LogP) is 2.88. The Morgan fingerprint density at radius 3 is 2.21 bits per heavy atom. The van der Waals surface area contributed by atoms with E-state index in [2.05, 4.69) is 30.1 Å². The number of amides is 2. The Morgan fingerprint density at radius 1 is 1.00 bits per heavy atom. The Balaban J connectivity index is 2.07. The number of hydrogen-bond donors (Lipinski definition) is 2. The normalized spacial score (nSPS) is 10.6. The molecule has 2 aromatic rings. The van der Waals surface area contributed by atoms with Gasteiger partial charge in [0, 0.05) is 23.4 Å². The first-order chi connectivity index (χ1) is 11.5. The van der Waals surface area contributed by atoms with Gasteiger partial charge in [-0.25, -0.2) is 0 Å². The minimum Gasteiger partial charge on any atom is -0.366 e. The van der Waals surface area contributed by atoms with Crippen LogP contribution in [0.15, 0.2) is 48.5 Å². The number of nitrogens with zero attached hydrogens (tertiary/aromatic N) is 1. The number of rotatable bonds is 7. The van der Waals surface area contributed by atoms with Crippen molar-refractivity contribution >= 4 is 17.5 Å². The second kappa shape index (κ2) is 8.26. The summed E-state index contributed by atoms with van der Waals surface area (Å²) in [4.78, 5) is 25.7. The Bertz CT molecular complexity index is 707. The largest absolute Gasteiger partial charge is 0.366 e. The molecule has 2 aromatic carbocycles. The van der Waals surface area contributed by atoms with E-state index in [1.807, 2.05) is 18.2 Å². The molecular weight excluding hydrogens is 302 g/mol. The van der Waals surface area contributed by atoms with Gasteiger partial charge >= 0.3 is 0 Å². The molecule has 0 aliphatic heterocycles. The van der Waals surface area contributed by atoms with E-state index in [1.54, 1.807) is 24.3 Å². The van der Waals surface area contributed by atoms with Gasteiger partial charge in [-0.3, -0.25) is 14.5 Å². The number of carbonyl (C=O) groups is 2. The van der Waals surface area contributed by atoms with Gasteiger partial charge in [-0.1, -0.05) is 26.0 Å².